The van der Waals surface area contributed by atoms with Gasteiger partial charge in [0.25, 0.3) is 5.91 Å². The van der Waals surface area contributed by atoms with Crippen LogP contribution in [0.2, 0.25) is 0 Å². The number of carbonyl (C=O) groups excluding carboxylic acids is 2. The Morgan fingerprint density at radius 2 is 2.06 bits per heavy atom. The van der Waals surface area contributed by atoms with Crippen molar-refractivity contribution < 1.29 is 14.3 Å². The van der Waals surface area contributed by atoms with Gasteiger partial charge in [0, 0.05) is 16.5 Å². The van der Waals surface area contributed by atoms with Gasteiger partial charge in [-0.15, -0.1) is 23.1 Å². The molecule has 1 N–H and O–H groups in total. The molecule has 0 saturated heterocycles. The highest BCUT2D eigenvalue weighted by Gasteiger charge is 2.29. The van der Waals surface area contributed by atoms with Gasteiger partial charge < -0.3 is 10.1 Å². The third kappa shape index (κ3) is 5.01. The van der Waals surface area contributed by atoms with Crippen LogP contribution in [0.15, 0.2) is 58.9 Å². The summed E-state index contributed by atoms with van der Waals surface area (Å²) in [6.07, 6.45) is 3.86. The SMILES string of the molecule is CSc1nc(C2CC2)cc(C(=O)OCC(=O)NC(c2ccccc2)c2cccs2)c1C#N. The van der Waals surface area contributed by atoms with Gasteiger partial charge >= 0.3 is 5.97 Å². The number of nitrogens with one attached hydrogen (secondary N) is 1. The Morgan fingerprint density at radius 3 is 2.69 bits per heavy atom. The van der Waals surface area contributed by atoms with Crippen molar-refractivity contribution in [2.24, 2.45) is 0 Å². The number of hydrogen-bond acceptors (Lipinski definition) is 7. The van der Waals surface area contributed by atoms with Crippen molar-refractivity contribution in [3.63, 3.8) is 0 Å². The van der Waals surface area contributed by atoms with Crippen LogP contribution in [0.25, 0.3) is 0 Å². The average Bonchev–Trinajstić information content (AvgIpc) is 3.54. The number of amides is 1. The molecule has 162 valence electrons. The highest BCUT2D eigenvalue weighted by Crippen LogP contribution is 2.40. The van der Waals surface area contributed by atoms with Crippen molar-refractivity contribution in [2.75, 3.05) is 12.9 Å². The summed E-state index contributed by atoms with van der Waals surface area (Å²) in [7, 11) is 0. The second kappa shape index (κ2) is 9.98. The van der Waals surface area contributed by atoms with E-state index in [1.54, 1.807) is 17.4 Å². The number of thiophene rings is 1. The molecule has 32 heavy (non-hydrogen) atoms. The van der Waals surface area contributed by atoms with Gasteiger partial charge in [0.05, 0.1) is 17.2 Å². The standard InChI is InChI=1S/C24H21N3O3S2/c1-31-23-18(13-25)17(12-19(26-23)15-9-10-15)24(29)30-14-21(28)27-22(20-8-5-11-32-20)16-6-3-2-4-7-16/h2-8,11-12,15,22H,9-10,14H2,1H3,(H,27,28). The van der Waals surface area contributed by atoms with E-state index in [4.69, 9.17) is 4.74 Å². The van der Waals surface area contributed by atoms with Crippen LogP contribution in [0.3, 0.4) is 0 Å². The first-order valence-electron chi connectivity index (χ1n) is 10.1. The molecule has 2 heterocycles. The molecule has 1 aliphatic rings. The number of ether oxygens (including phenoxy) is 1. The van der Waals surface area contributed by atoms with E-state index >= 15 is 0 Å². The van der Waals surface area contributed by atoms with Gasteiger partial charge in [-0.3, -0.25) is 4.79 Å². The zero-order valence-electron chi connectivity index (χ0n) is 17.4. The van der Waals surface area contributed by atoms with E-state index in [9.17, 15) is 14.9 Å². The summed E-state index contributed by atoms with van der Waals surface area (Å²) >= 11 is 2.86. The Bertz CT molecular complexity index is 1150. The summed E-state index contributed by atoms with van der Waals surface area (Å²) < 4.78 is 5.31. The lowest BCUT2D eigenvalue weighted by Crippen LogP contribution is -2.32. The van der Waals surface area contributed by atoms with Crippen molar-refractivity contribution in [1.29, 1.82) is 5.26 Å². The molecule has 1 unspecified atom stereocenters. The zero-order chi connectivity index (χ0) is 22.5. The molecule has 0 bridgehead atoms. The molecule has 0 aliphatic heterocycles. The first-order chi connectivity index (χ1) is 15.6. The molecular formula is C24H21N3O3S2. The monoisotopic (exact) mass is 463 g/mol. The number of nitriles is 1. The van der Waals surface area contributed by atoms with E-state index in [0.717, 1.165) is 29.0 Å². The molecule has 1 amide bonds. The molecule has 8 heteroatoms. The third-order valence-corrected chi connectivity index (χ3v) is 6.75. The topological polar surface area (TPSA) is 92.1 Å². The predicted molar refractivity (Wildman–Crippen MR) is 124 cm³/mol. The Hall–Kier alpha value is -3.15. The summed E-state index contributed by atoms with van der Waals surface area (Å²) in [5.74, 6) is -0.787. The molecule has 1 atom stereocenters. The molecule has 0 spiro atoms. The number of benzene rings is 1. The van der Waals surface area contributed by atoms with E-state index in [0.29, 0.717) is 10.9 Å². The molecule has 2 aromatic heterocycles. The first-order valence-corrected chi connectivity index (χ1v) is 12.2. The number of aromatic nitrogens is 1. The quantitative estimate of drug-likeness (QED) is 0.385. The van der Waals surface area contributed by atoms with Crippen LogP contribution in [0.5, 0.6) is 0 Å². The summed E-state index contributed by atoms with van der Waals surface area (Å²) in [5, 5.41) is 15.0. The van der Waals surface area contributed by atoms with E-state index in [-0.39, 0.29) is 17.2 Å². The van der Waals surface area contributed by atoms with Crippen molar-refractivity contribution in [3.05, 3.63) is 81.2 Å². The minimum Gasteiger partial charge on any atom is -0.452 e. The zero-order valence-corrected chi connectivity index (χ0v) is 19.0. The molecule has 1 aromatic carbocycles. The van der Waals surface area contributed by atoms with E-state index in [2.05, 4.69) is 16.4 Å². The van der Waals surface area contributed by atoms with Crippen LogP contribution < -0.4 is 5.32 Å². The first kappa shape index (κ1) is 22.1. The lowest BCUT2D eigenvalue weighted by atomic mass is 10.1. The van der Waals surface area contributed by atoms with Crippen LogP contribution in [-0.2, 0) is 9.53 Å². The molecule has 1 aliphatic carbocycles. The minimum atomic E-state index is -0.691. The normalized spacial score (nSPS) is 13.8. The van der Waals surface area contributed by atoms with E-state index in [1.165, 1.54) is 11.8 Å². The molecule has 6 nitrogen and oxygen atoms in total. The van der Waals surface area contributed by atoms with Gasteiger partial charge in [0.1, 0.15) is 11.1 Å². The van der Waals surface area contributed by atoms with Crippen molar-refractivity contribution in [1.82, 2.24) is 10.3 Å². The van der Waals surface area contributed by atoms with Crippen molar-refractivity contribution in [3.8, 4) is 6.07 Å². The van der Waals surface area contributed by atoms with Crippen molar-refractivity contribution >= 4 is 35.0 Å². The lowest BCUT2D eigenvalue weighted by molar-refractivity contribution is -0.124. The van der Waals surface area contributed by atoms with Gasteiger partial charge in [-0.2, -0.15) is 5.26 Å². The number of pyridine rings is 1. The maximum atomic E-state index is 12.8. The van der Waals surface area contributed by atoms with Gasteiger partial charge in [0.2, 0.25) is 0 Å². The molecular weight excluding hydrogens is 442 g/mol. The summed E-state index contributed by atoms with van der Waals surface area (Å²) in [4.78, 5) is 30.9. The number of esters is 1. The lowest BCUT2D eigenvalue weighted by Gasteiger charge is -2.18. The number of hydrogen-bond donors (Lipinski definition) is 1. The Balaban J connectivity index is 1.47. The summed E-state index contributed by atoms with van der Waals surface area (Å²) in [6, 6.07) is 16.9. The molecule has 0 radical (unpaired) electrons. The number of carbonyl (C=O) groups is 2. The molecule has 1 saturated carbocycles. The molecule has 1 fully saturated rings. The Kier molecular flexibility index (Phi) is 6.88. The van der Waals surface area contributed by atoms with Crippen LogP contribution in [0, 0.1) is 11.3 Å². The van der Waals surface area contributed by atoms with Crippen LogP contribution >= 0.6 is 23.1 Å². The smallest absolute Gasteiger partial charge is 0.340 e. The average molecular weight is 464 g/mol. The fourth-order valence-corrected chi connectivity index (χ4v) is 4.74. The maximum absolute atomic E-state index is 12.8. The van der Waals surface area contributed by atoms with Crippen LogP contribution in [-0.4, -0.2) is 29.7 Å². The van der Waals surface area contributed by atoms with E-state index < -0.39 is 18.5 Å². The third-order valence-electron chi connectivity index (χ3n) is 5.13. The van der Waals surface area contributed by atoms with Crippen LogP contribution in [0.4, 0.5) is 0 Å². The largest absolute Gasteiger partial charge is 0.452 e. The molecule has 3 aromatic rings. The number of thioether (sulfide) groups is 1. The van der Waals surface area contributed by atoms with Gasteiger partial charge in [-0.25, -0.2) is 9.78 Å². The highest BCUT2D eigenvalue weighted by atomic mass is 32.2. The van der Waals surface area contributed by atoms with Gasteiger partial charge in [-0.05, 0) is 42.2 Å². The predicted octanol–water partition coefficient (Wildman–Crippen LogP) is 4.68. The fraction of sp³-hybridized carbons (Fsp3) is 0.250. The second-order valence-corrected chi connectivity index (χ2v) is 9.14. The summed E-state index contributed by atoms with van der Waals surface area (Å²) in [5.41, 5.74) is 2.09. The van der Waals surface area contributed by atoms with Crippen LogP contribution in [0.1, 0.15) is 56.9 Å². The Morgan fingerprint density at radius 1 is 1.28 bits per heavy atom. The fourth-order valence-electron chi connectivity index (χ4n) is 3.38. The second-order valence-electron chi connectivity index (χ2n) is 7.37. The minimum absolute atomic E-state index is 0.166. The number of nitrogens with zero attached hydrogens (tertiary/aromatic N) is 2. The maximum Gasteiger partial charge on any atom is 0.340 e. The number of rotatable bonds is 8. The van der Waals surface area contributed by atoms with Crippen molar-refractivity contribution in [2.45, 2.75) is 29.8 Å². The van der Waals surface area contributed by atoms with Gasteiger partial charge in [0.15, 0.2) is 6.61 Å². The Labute approximate surface area is 194 Å². The van der Waals surface area contributed by atoms with Gasteiger partial charge in [-0.1, -0.05) is 36.4 Å². The van der Waals surface area contributed by atoms with E-state index in [1.807, 2.05) is 54.1 Å². The highest BCUT2D eigenvalue weighted by molar-refractivity contribution is 7.98. The molecule has 4 rings (SSSR count). The summed E-state index contributed by atoms with van der Waals surface area (Å²) in [6.45, 7) is -0.436.